The molecule has 39 heavy (non-hydrogen) atoms. The van der Waals surface area contributed by atoms with Crippen molar-refractivity contribution < 1.29 is 19.1 Å². The summed E-state index contributed by atoms with van der Waals surface area (Å²) in [7, 11) is 0. The predicted molar refractivity (Wildman–Crippen MR) is 149 cm³/mol. The Morgan fingerprint density at radius 1 is 1.05 bits per heavy atom. The van der Waals surface area contributed by atoms with Crippen LogP contribution in [0.15, 0.2) is 60.9 Å². The van der Waals surface area contributed by atoms with Crippen molar-refractivity contribution in [1.82, 2.24) is 19.8 Å². The molecule has 1 N–H and O–H groups in total. The van der Waals surface area contributed by atoms with E-state index < -0.39 is 0 Å². The maximum absolute atomic E-state index is 13.5. The smallest absolute Gasteiger partial charge is 0.255 e. The van der Waals surface area contributed by atoms with Crippen LogP contribution in [0, 0.1) is 12.3 Å². The van der Waals surface area contributed by atoms with E-state index in [0.717, 1.165) is 49.1 Å². The van der Waals surface area contributed by atoms with E-state index in [1.165, 1.54) is 0 Å². The maximum atomic E-state index is 13.5. The molecule has 8 heteroatoms. The number of ether oxygens (including phenoxy) is 2. The number of imidazole rings is 1. The number of piperidine rings is 1. The fourth-order valence-electron chi connectivity index (χ4n) is 5.55. The second kappa shape index (κ2) is 12.5. The first-order valence-electron chi connectivity index (χ1n) is 14.0. The number of aromatic nitrogens is 2. The SMILES string of the molecule is Cc1nccn1Cc1cccc(C(=O)N2CCC3(CCCCOCCNC(=O)c4ccccc4OC3)CC2)c1. The van der Waals surface area contributed by atoms with Crippen LogP contribution in [-0.4, -0.2) is 65.7 Å². The average molecular weight is 531 g/mol. The zero-order valence-corrected chi connectivity index (χ0v) is 22.7. The van der Waals surface area contributed by atoms with Crippen molar-refractivity contribution >= 4 is 11.8 Å². The van der Waals surface area contributed by atoms with Crippen LogP contribution in [0.4, 0.5) is 0 Å². The molecule has 1 aromatic heterocycles. The van der Waals surface area contributed by atoms with Crippen LogP contribution in [0.3, 0.4) is 0 Å². The Morgan fingerprint density at radius 3 is 2.72 bits per heavy atom. The van der Waals surface area contributed by atoms with Crippen molar-refractivity contribution in [3.63, 3.8) is 0 Å². The summed E-state index contributed by atoms with van der Waals surface area (Å²) in [6, 6.07) is 15.3. The number of fused-ring (bicyclic) bond motifs is 1. The Labute approximate surface area is 230 Å². The third-order valence-electron chi connectivity index (χ3n) is 8.01. The number of aryl methyl sites for hydroxylation is 1. The minimum absolute atomic E-state index is 0.0503. The highest BCUT2D eigenvalue weighted by Crippen LogP contribution is 2.38. The van der Waals surface area contributed by atoms with Gasteiger partial charge in [-0.3, -0.25) is 9.59 Å². The quantitative estimate of drug-likeness (QED) is 0.540. The standard InChI is InChI=1S/C31H38N4O4/c1-24-32-14-18-35(24)22-25-7-6-8-26(21-25)30(37)34-16-12-31(13-17-34)11-4-5-19-38-20-15-33-29(36)27-9-2-3-10-28(27)39-23-31/h2-3,6-10,14,18,21H,4-5,11-13,15-17,19-20,22-23H2,1H3,(H,33,36). The molecule has 1 spiro atoms. The Hall–Kier alpha value is -3.65. The van der Waals surface area contributed by atoms with Gasteiger partial charge in [0.2, 0.25) is 0 Å². The highest BCUT2D eigenvalue weighted by atomic mass is 16.5. The lowest BCUT2D eigenvalue weighted by Gasteiger charge is -2.42. The molecule has 0 atom stereocenters. The van der Waals surface area contributed by atoms with Crippen molar-refractivity contribution in [2.75, 3.05) is 39.5 Å². The summed E-state index contributed by atoms with van der Waals surface area (Å²) < 4.78 is 14.2. The molecule has 0 radical (unpaired) electrons. The molecule has 0 aliphatic carbocycles. The van der Waals surface area contributed by atoms with Gasteiger partial charge in [-0.05, 0) is 62.4 Å². The number of hydrogen-bond donors (Lipinski definition) is 1. The number of rotatable bonds is 3. The normalized spacial score (nSPS) is 18.5. The first kappa shape index (κ1) is 26.9. The van der Waals surface area contributed by atoms with E-state index >= 15 is 0 Å². The van der Waals surface area contributed by atoms with Crippen LogP contribution in [0.1, 0.15) is 64.2 Å². The van der Waals surface area contributed by atoms with Gasteiger partial charge in [0.1, 0.15) is 11.6 Å². The Bertz CT molecular complexity index is 1280. The van der Waals surface area contributed by atoms with Crippen LogP contribution >= 0.6 is 0 Å². The molecule has 2 aliphatic heterocycles. The zero-order chi connectivity index (χ0) is 27.1. The third kappa shape index (κ3) is 6.68. The largest absolute Gasteiger partial charge is 0.492 e. The Kier molecular flexibility index (Phi) is 8.61. The molecule has 0 saturated carbocycles. The molecule has 3 aromatic rings. The lowest BCUT2D eigenvalue weighted by molar-refractivity contribution is 0.0341. The molecule has 3 heterocycles. The Morgan fingerprint density at radius 2 is 1.90 bits per heavy atom. The maximum Gasteiger partial charge on any atom is 0.255 e. The molecule has 2 aromatic carbocycles. The minimum Gasteiger partial charge on any atom is -0.492 e. The summed E-state index contributed by atoms with van der Waals surface area (Å²) in [4.78, 5) is 32.5. The topological polar surface area (TPSA) is 85.7 Å². The van der Waals surface area contributed by atoms with E-state index in [1.807, 2.05) is 54.4 Å². The fourth-order valence-corrected chi connectivity index (χ4v) is 5.55. The molecular weight excluding hydrogens is 492 g/mol. The number of carbonyl (C=O) groups is 2. The summed E-state index contributed by atoms with van der Waals surface area (Å²) in [5, 5.41) is 2.92. The number of amides is 2. The van der Waals surface area contributed by atoms with Gasteiger partial charge in [-0.2, -0.15) is 0 Å². The van der Waals surface area contributed by atoms with Gasteiger partial charge >= 0.3 is 0 Å². The summed E-state index contributed by atoms with van der Waals surface area (Å²) in [6.07, 6.45) is 8.50. The highest BCUT2D eigenvalue weighted by molar-refractivity contribution is 5.97. The molecular formula is C31H38N4O4. The van der Waals surface area contributed by atoms with Crippen LogP contribution in [0.5, 0.6) is 5.75 Å². The van der Waals surface area contributed by atoms with Crippen molar-refractivity contribution in [1.29, 1.82) is 0 Å². The van der Waals surface area contributed by atoms with Crippen molar-refractivity contribution in [3.8, 4) is 5.75 Å². The van der Waals surface area contributed by atoms with E-state index in [1.54, 1.807) is 12.3 Å². The molecule has 0 bridgehead atoms. The van der Waals surface area contributed by atoms with Crippen LogP contribution < -0.4 is 10.1 Å². The predicted octanol–water partition coefficient (Wildman–Crippen LogP) is 4.47. The molecule has 2 amide bonds. The van der Waals surface area contributed by atoms with Crippen LogP contribution in [0.2, 0.25) is 0 Å². The number of hydrogen-bond acceptors (Lipinski definition) is 5. The van der Waals surface area contributed by atoms with Crippen molar-refractivity contribution in [2.24, 2.45) is 5.41 Å². The van der Waals surface area contributed by atoms with Crippen LogP contribution in [-0.2, 0) is 11.3 Å². The lowest BCUT2D eigenvalue weighted by Crippen LogP contribution is -2.45. The first-order chi connectivity index (χ1) is 19.0. The highest BCUT2D eigenvalue weighted by Gasteiger charge is 2.37. The monoisotopic (exact) mass is 530 g/mol. The summed E-state index contributed by atoms with van der Waals surface area (Å²) in [5.74, 6) is 1.49. The molecule has 8 nitrogen and oxygen atoms in total. The molecule has 1 saturated heterocycles. The average Bonchev–Trinajstić information content (AvgIpc) is 3.37. The van der Waals surface area contributed by atoms with Gasteiger partial charge in [0.05, 0.1) is 18.8 Å². The van der Waals surface area contributed by atoms with Gasteiger partial charge < -0.3 is 24.3 Å². The number of nitrogens with one attached hydrogen (secondary N) is 1. The van der Waals surface area contributed by atoms with Gasteiger partial charge in [-0.25, -0.2) is 4.98 Å². The zero-order valence-electron chi connectivity index (χ0n) is 22.7. The molecule has 0 unspecified atom stereocenters. The molecule has 2 aliphatic rings. The van der Waals surface area contributed by atoms with E-state index in [-0.39, 0.29) is 17.2 Å². The number of para-hydroxylation sites is 1. The van der Waals surface area contributed by atoms with Gasteiger partial charge in [0.15, 0.2) is 0 Å². The number of carbonyl (C=O) groups excluding carboxylic acids is 2. The second-order valence-corrected chi connectivity index (χ2v) is 10.7. The fraction of sp³-hybridized carbons (Fsp3) is 0.452. The minimum atomic E-state index is -0.147. The molecule has 206 valence electrons. The van der Waals surface area contributed by atoms with Gasteiger partial charge in [0.25, 0.3) is 11.8 Å². The summed E-state index contributed by atoms with van der Waals surface area (Å²) in [6.45, 7) is 6.23. The third-order valence-corrected chi connectivity index (χ3v) is 8.01. The molecule has 1 fully saturated rings. The second-order valence-electron chi connectivity index (χ2n) is 10.7. The van der Waals surface area contributed by atoms with Gasteiger partial charge in [-0.1, -0.05) is 30.7 Å². The summed E-state index contributed by atoms with van der Waals surface area (Å²) in [5.41, 5.74) is 2.30. The van der Waals surface area contributed by atoms with Crippen molar-refractivity contribution in [3.05, 3.63) is 83.4 Å². The van der Waals surface area contributed by atoms with Gasteiger partial charge in [0, 0.05) is 56.2 Å². The van der Waals surface area contributed by atoms with Crippen molar-refractivity contribution in [2.45, 2.75) is 45.6 Å². The summed E-state index contributed by atoms with van der Waals surface area (Å²) >= 11 is 0. The van der Waals surface area contributed by atoms with E-state index in [0.29, 0.717) is 57.3 Å². The van der Waals surface area contributed by atoms with Crippen LogP contribution in [0.25, 0.3) is 0 Å². The number of nitrogens with zero attached hydrogens (tertiary/aromatic N) is 3. The number of likely N-dealkylation sites (tertiary alicyclic amines) is 1. The Balaban J connectivity index is 1.26. The number of benzene rings is 2. The lowest BCUT2D eigenvalue weighted by atomic mass is 9.75. The van der Waals surface area contributed by atoms with E-state index in [4.69, 9.17) is 9.47 Å². The van der Waals surface area contributed by atoms with E-state index in [2.05, 4.69) is 20.9 Å². The first-order valence-corrected chi connectivity index (χ1v) is 14.0. The molecule has 5 rings (SSSR count). The van der Waals surface area contributed by atoms with Gasteiger partial charge in [-0.15, -0.1) is 0 Å². The van der Waals surface area contributed by atoms with E-state index in [9.17, 15) is 9.59 Å².